The van der Waals surface area contributed by atoms with Gasteiger partial charge in [0.05, 0.1) is 37.1 Å². The highest BCUT2D eigenvalue weighted by Gasteiger charge is 2.15. The Kier molecular flexibility index (Phi) is 5.01. The Morgan fingerprint density at radius 3 is 2.83 bits per heavy atom. The van der Waals surface area contributed by atoms with E-state index in [0.717, 1.165) is 61.9 Å². The number of hydrogen-bond acceptors (Lipinski definition) is 7. The van der Waals surface area contributed by atoms with Crippen LogP contribution in [0.5, 0.6) is 0 Å². The Bertz CT molecular complexity index is 1100. The lowest BCUT2D eigenvalue weighted by Gasteiger charge is -2.26. The van der Waals surface area contributed by atoms with Gasteiger partial charge in [0, 0.05) is 26.2 Å². The molecule has 0 saturated carbocycles. The maximum Gasteiger partial charge on any atom is 0.226 e. The van der Waals surface area contributed by atoms with Gasteiger partial charge in [-0.05, 0) is 23.7 Å². The number of halogens is 1. The molecular formula is C19H21ClN8O. The fourth-order valence-corrected chi connectivity index (χ4v) is 3.70. The fourth-order valence-electron chi connectivity index (χ4n) is 3.54. The smallest absolute Gasteiger partial charge is 0.226 e. The van der Waals surface area contributed by atoms with Crippen molar-refractivity contribution in [3.8, 4) is 0 Å². The lowest BCUT2D eigenvalue weighted by molar-refractivity contribution is 0.0365. The number of fused-ring (bicyclic) bond motifs is 2. The summed E-state index contributed by atoms with van der Waals surface area (Å²) in [6.07, 6.45) is 1.79. The lowest BCUT2D eigenvalue weighted by Crippen LogP contribution is -2.38. The number of morpholine rings is 1. The first-order valence-electron chi connectivity index (χ1n) is 9.62. The van der Waals surface area contributed by atoms with Gasteiger partial charge in [0.2, 0.25) is 5.28 Å². The zero-order valence-corrected chi connectivity index (χ0v) is 16.6. The molecule has 0 amide bonds. The van der Waals surface area contributed by atoms with Gasteiger partial charge in [-0.25, -0.2) is 9.97 Å². The van der Waals surface area contributed by atoms with E-state index in [1.165, 1.54) is 0 Å². The van der Waals surface area contributed by atoms with Gasteiger partial charge < -0.3 is 19.6 Å². The van der Waals surface area contributed by atoms with Gasteiger partial charge in [-0.15, -0.1) is 0 Å². The van der Waals surface area contributed by atoms with Crippen LogP contribution >= 0.6 is 11.6 Å². The summed E-state index contributed by atoms with van der Waals surface area (Å²) in [5.41, 5.74) is 3.36. The Hall–Kier alpha value is -2.75. The lowest BCUT2D eigenvalue weighted by atomic mass is 10.3. The van der Waals surface area contributed by atoms with Crippen LogP contribution in [-0.2, 0) is 17.8 Å². The van der Waals surface area contributed by atoms with Gasteiger partial charge >= 0.3 is 0 Å². The molecule has 2 N–H and O–H groups in total. The first kappa shape index (κ1) is 18.3. The van der Waals surface area contributed by atoms with Crippen molar-refractivity contribution in [3.63, 3.8) is 0 Å². The molecule has 0 bridgehead atoms. The molecular weight excluding hydrogens is 392 g/mol. The number of benzene rings is 1. The molecule has 1 aromatic carbocycles. The molecule has 150 valence electrons. The number of para-hydroxylation sites is 2. The van der Waals surface area contributed by atoms with Crippen LogP contribution in [0.4, 0.5) is 5.82 Å². The predicted octanol–water partition coefficient (Wildman–Crippen LogP) is 2.30. The number of imidazole rings is 2. The normalized spacial score (nSPS) is 15.3. The highest BCUT2D eigenvalue weighted by molar-refractivity contribution is 6.28. The quantitative estimate of drug-likeness (QED) is 0.469. The largest absolute Gasteiger partial charge is 0.379 e. The van der Waals surface area contributed by atoms with Crippen LogP contribution in [0, 0.1) is 0 Å². The third kappa shape index (κ3) is 3.89. The number of aromatic amines is 1. The first-order chi connectivity index (χ1) is 14.3. The Labute approximate surface area is 172 Å². The van der Waals surface area contributed by atoms with Crippen LogP contribution in [0.3, 0.4) is 0 Å². The van der Waals surface area contributed by atoms with Crippen LogP contribution in [0.15, 0.2) is 30.6 Å². The second kappa shape index (κ2) is 7.94. The molecule has 0 unspecified atom stereocenters. The monoisotopic (exact) mass is 412 g/mol. The maximum atomic E-state index is 6.19. The van der Waals surface area contributed by atoms with E-state index in [0.29, 0.717) is 17.9 Å². The standard InChI is InChI=1S/C19H21ClN8O/c20-19-25-17(21-11-15-23-13-3-1-2-4-14(13)24-15)16-18(26-19)28(12-22-16)6-5-27-7-9-29-10-8-27/h1-4,12H,5-11H2,(H,23,24)(H,21,25,26). The minimum atomic E-state index is 0.192. The van der Waals surface area contributed by atoms with Crippen LogP contribution in [0.1, 0.15) is 5.82 Å². The highest BCUT2D eigenvalue weighted by atomic mass is 35.5. The topological polar surface area (TPSA) is 96.8 Å². The summed E-state index contributed by atoms with van der Waals surface area (Å²) < 4.78 is 7.42. The third-order valence-corrected chi connectivity index (χ3v) is 5.23. The molecule has 0 atom stereocenters. The highest BCUT2D eigenvalue weighted by Crippen LogP contribution is 2.22. The zero-order valence-electron chi connectivity index (χ0n) is 15.8. The molecule has 29 heavy (non-hydrogen) atoms. The van der Waals surface area contributed by atoms with Gasteiger partial charge in [-0.2, -0.15) is 9.97 Å². The second-order valence-electron chi connectivity index (χ2n) is 6.96. The molecule has 4 heterocycles. The van der Waals surface area contributed by atoms with Crippen molar-refractivity contribution < 1.29 is 4.74 Å². The number of ether oxygens (including phenoxy) is 1. The van der Waals surface area contributed by atoms with E-state index in [1.54, 1.807) is 6.33 Å². The molecule has 0 aliphatic carbocycles. The van der Waals surface area contributed by atoms with E-state index in [4.69, 9.17) is 16.3 Å². The number of aromatic nitrogens is 6. The molecule has 5 rings (SSSR count). The van der Waals surface area contributed by atoms with E-state index in [2.05, 4.69) is 35.1 Å². The van der Waals surface area contributed by atoms with Crippen molar-refractivity contribution in [2.75, 3.05) is 38.2 Å². The van der Waals surface area contributed by atoms with Gasteiger partial charge in [-0.1, -0.05) is 12.1 Å². The SMILES string of the molecule is Clc1nc(NCc2nc3ccccc3[nH]2)c2ncn(CCN3CCOCC3)c2n1. The Morgan fingerprint density at radius 2 is 1.97 bits per heavy atom. The third-order valence-electron chi connectivity index (χ3n) is 5.06. The van der Waals surface area contributed by atoms with Crippen molar-refractivity contribution in [2.24, 2.45) is 0 Å². The number of hydrogen-bond donors (Lipinski definition) is 2. The van der Waals surface area contributed by atoms with Crippen LogP contribution in [-0.4, -0.2) is 67.2 Å². The Balaban J connectivity index is 1.34. The minimum absolute atomic E-state index is 0.192. The van der Waals surface area contributed by atoms with Crippen molar-refractivity contribution in [1.29, 1.82) is 0 Å². The van der Waals surface area contributed by atoms with Crippen molar-refractivity contribution >= 4 is 39.6 Å². The minimum Gasteiger partial charge on any atom is -0.379 e. The number of nitrogens with one attached hydrogen (secondary N) is 2. The number of nitrogens with zero attached hydrogens (tertiary/aromatic N) is 6. The van der Waals surface area contributed by atoms with Crippen molar-refractivity contribution in [2.45, 2.75) is 13.1 Å². The molecule has 1 aliphatic heterocycles. The number of anilines is 1. The van der Waals surface area contributed by atoms with Crippen LogP contribution < -0.4 is 5.32 Å². The molecule has 4 aromatic rings. The second-order valence-corrected chi connectivity index (χ2v) is 7.30. The summed E-state index contributed by atoms with van der Waals surface area (Å²) in [6, 6.07) is 7.93. The average Bonchev–Trinajstić information content (AvgIpc) is 3.35. The van der Waals surface area contributed by atoms with Gasteiger partial charge in [-0.3, -0.25) is 4.90 Å². The fraction of sp³-hybridized carbons (Fsp3) is 0.368. The van der Waals surface area contributed by atoms with E-state index in [-0.39, 0.29) is 5.28 Å². The van der Waals surface area contributed by atoms with Crippen molar-refractivity contribution in [3.05, 3.63) is 41.7 Å². The Morgan fingerprint density at radius 1 is 1.10 bits per heavy atom. The summed E-state index contributed by atoms with van der Waals surface area (Å²) in [5.74, 6) is 1.42. The van der Waals surface area contributed by atoms with E-state index in [1.807, 2.05) is 28.8 Å². The molecule has 0 radical (unpaired) electrons. The van der Waals surface area contributed by atoms with Crippen LogP contribution in [0.2, 0.25) is 5.28 Å². The summed E-state index contributed by atoms with van der Waals surface area (Å²) in [4.78, 5) is 23.5. The molecule has 10 heteroatoms. The molecule has 1 saturated heterocycles. The molecule has 0 spiro atoms. The summed E-state index contributed by atoms with van der Waals surface area (Å²) in [7, 11) is 0. The summed E-state index contributed by atoms with van der Waals surface area (Å²) in [5, 5.41) is 3.48. The first-order valence-corrected chi connectivity index (χ1v) is 10.00. The van der Waals surface area contributed by atoms with Crippen LogP contribution in [0.25, 0.3) is 22.2 Å². The van der Waals surface area contributed by atoms with Gasteiger partial charge in [0.25, 0.3) is 0 Å². The van der Waals surface area contributed by atoms with E-state index in [9.17, 15) is 0 Å². The molecule has 9 nitrogen and oxygen atoms in total. The maximum absolute atomic E-state index is 6.19. The van der Waals surface area contributed by atoms with E-state index < -0.39 is 0 Å². The van der Waals surface area contributed by atoms with Gasteiger partial charge in [0.1, 0.15) is 5.82 Å². The molecule has 1 fully saturated rings. The van der Waals surface area contributed by atoms with E-state index >= 15 is 0 Å². The average molecular weight is 413 g/mol. The zero-order chi connectivity index (χ0) is 19.6. The summed E-state index contributed by atoms with van der Waals surface area (Å²) >= 11 is 6.19. The summed E-state index contributed by atoms with van der Waals surface area (Å²) in [6.45, 7) is 5.66. The number of rotatable bonds is 6. The molecule has 3 aromatic heterocycles. The number of H-pyrrole nitrogens is 1. The molecule has 1 aliphatic rings. The van der Waals surface area contributed by atoms with Gasteiger partial charge in [0.15, 0.2) is 17.0 Å². The predicted molar refractivity (Wildman–Crippen MR) is 111 cm³/mol. The van der Waals surface area contributed by atoms with Crippen molar-refractivity contribution in [1.82, 2.24) is 34.4 Å².